The van der Waals surface area contributed by atoms with Crippen molar-refractivity contribution in [3.63, 3.8) is 0 Å². The van der Waals surface area contributed by atoms with Gasteiger partial charge in [0.1, 0.15) is 6.61 Å². The summed E-state index contributed by atoms with van der Waals surface area (Å²) in [6, 6.07) is 0. The van der Waals surface area contributed by atoms with Crippen molar-refractivity contribution in [2.45, 2.75) is 46.3 Å². The summed E-state index contributed by atoms with van der Waals surface area (Å²) in [4.78, 5) is 4.24. The molecule has 1 N–H and O–H groups in total. The minimum absolute atomic E-state index is 0.126. The summed E-state index contributed by atoms with van der Waals surface area (Å²) >= 11 is 0. The predicted molar refractivity (Wildman–Crippen MR) is 50.3 cm³/mol. The van der Waals surface area contributed by atoms with Crippen molar-refractivity contribution in [1.29, 1.82) is 0 Å². The van der Waals surface area contributed by atoms with Gasteiger partial charge in [-0.05, 0) is 20.8 Å². The lowest BCUT2D eigenvalue weighted by molar-refractivity contribution is -0.0180. The Hall–Kier alpha value is -0.900. The third-order valence-electron chi connectivity index (χ3n) is 1.54. The maximum Gasteiger partial charge on any atom is 0.150 e. The van der Waals surface area contributed by atoms with Crippen molar-refractivity contribution in [3.05, 3.63) is 11.6 Å². The zero-order chi connectivity index (χ0) is 9.90. The molecule has 0 atom stereocenters. The number of nitrogens with one attached hydrogen (secondary N) is 1. The van der Waals surface area contributed by atoms with Crippen LogP contribution in [0.5, 0.6) is 0 Å². The molecule has 0 aliphatic heterocycles. The molecule has 4 heteroatoms. The number of rotatable bonds is 3. The fourth-order valence-corrected chi connectivity index (χ4v) is 0.842. The van der Waals surface area contributed by atoms with Gasteiger partial charge in [0.15, 0.2) is 11.6 Å². The summed E-state index contributed by atoms with van der Waals surface area (Å²) in [5.41, 5.74) is -0.126. The van der Waals surface area contributed by atoms with E-state index in [9.17, 15) is 0 Å². The number of aromatic nitrogens is 3. The number of hydrogen-bond donors (Lipinski definition) is 1. The van der Waals surface area contributed by atoms with E-state index in [0.29, 0.717) is 6.61 Å². The molecule has 0 radical (unpaired) electrons. The first kappa shape index (κ1) is 10.2. The molecule has 1 aromatic rings. The molecule has 74 valence electrons. The van der Waals surface area contributed by atoms with E-state index in [1.807, 2.05) is 27.7 Å². The minimum atomic E-state index is -0.126. The van der Waals surface area contributed by atoms with Gasteiger partial charge in [0.2, 0.25) is 0 Å². The van der Waals surface area contributed by atoms with Crippen LogP contribution in [-0.4, -0.2) is 20.8 Å². The second kappa shape index (κ2) is 3.87. The number of aryl methyl sites for hydroxylation is 1. The Morgan fingerprint density at radius 3 is 2.54 bits per heavy atom. The summed E-state index contributed by atoms with van der Waals surface area (Å²) in [6.07, 6.45) is 0.853. The monoisotopic (exact) mass is 183 g/mol. The molecule has 0 bridgehead atoms. The van der Waals surface area contributed by atoms with Gasteiger partial charge in [0.05, 0.1) is 5.60 Å². The van der Waals surface area contributed by atoms with E-state index in [-0.39, 0.29) is 5.60 Å². The second-order valence-corrected chi connectivity index (χ2v) is 3.95. The molecule has 0 fully saturated rings. The zero-order valence-electron chi connectivity index (χ0n) is 8.72. The van der Waals surface area contributed by atoms with Crippen molar-refractivity contribution in [1.82, 2.24) is 15.2 Å². The summed E-state index contributed by atoms with van der Waals surface area (Å²) in [5, 5.41) is 6.86. The average molecular weight is 183 g/mol. The highest BCUT2D eigenvalue weighted by molar-refractivity contribution is 4.88. The normalized spacial score (nSPS) is 12.0. The quantitative estimate of drug-likeness (QED) is 0.775. The van der Waals surface area contributed by atoms with Crippen molar-refractivity contribution in [2.75, 3.05) is 0 Å². The molecule has 1 rings (SSSR count). The van der Waals surface area contributed by atoms with Crippen LogP contribution >= 0.6 is 0 Å². The van der Waals surface area contributed by atoms with Crippen LogP contribution in [0.15, 0.2) is 0 Å². The van der Waals surface area contributed by atoms with E-state index in [1.54, 1.807) is 0 Å². The molecule has 0 aromatic carbocycles. The number of hydrogen-bond acceptors (Lipinski definition) is 3. The molecule has 0 saturated heterocycles. The Bertz CT molecular complexity index is 262. The van der Waals surface area contributed by atoms with Gasteiger partial charge >= 0.3 is 0 Å². The maximum absolute atomic E-state index is 5.54. The van der Waals surface area contributed by atoms with E-state index in [0.717, 1.165) is 18.1 Å². The molecule has 1 aromatic heterocycles. The predicted octanol–water partition coefficient (Wildman–Crippen LogP) is 1.68. The van der Waals surface area contributed by atoms with Crippen LogP contribution in [0.3, 0.4) is 0 Å². The van der Waals surface area contributed by atoms with E-state index in [2.05, 4.69) is 15.2 Å². The van der Waals surface area contributed by atoms with Crippen molar-refractivity contribution in [2.24, 2.45) is 0 Å². The number of H-pyrrole nitrogens is 1. The Balaban J connectivity index is 2.46. The van der Waals surface area contributed by atoms with Gasteiger partial charge in [-0.25, -0.2) is 4.98 Å². The van der Waals surface area contributed by atoms with Crippen LogP contribution in [0.2, 0.25) is 0 Å². The fourth-order valence-electron chi connectivity index (χ4n) is 0.842. The smallest absolute Gasteiger partial charge is 0.150 e. The minimum Gasteiger partial charge on any atom is -0.368 e. The largest absolute Gasteiger partial charge is 0.368 e. The Labute approximate surface area is 78.7 Å². The SMILES string of the molecule is CCc1n[nH]c(COC(C)(C)C)n1. The van der Waals surface area contributed by atoms with Crippen LogP contribution in [0.25, 0.3) is 0 Å². The number of ether oxygens (including phenoxy) is 1. The van der Waals surface area contributed by atoms with Gasteiger partial charge in [0.25, 0.3) is 0 Å². The first-order valence-corrected chi connectivity index (χ1v) is 4.55. The molecule has 0 saturated carbocycles. The van der Waals surface area contributed by atoms with E-state index in [1.165, 1.54) is 0 Å². The van der Waals surface area contributed by atoms with Crippen LogP contribution in [0.4, 0.5) is 0 Å². The van der Waals surface area contributed by atoms with Gasteiger partial charge in [0, 0.05) is 6.42 Å². The third-order valence-corrected chi connectivity index (χ3v) is 1.54. The highest BCUT2D eigenvalue weighted by Gasteiger charge is 2.11. The molecule has 0 aliphatic carbocycles. The summed E-state index contributed by atoms with van der Waals surface area (Å²) in [7, 11) is 0. The van der Waals surface area contributed by atoms with Crippen LogP contribution in [0, 0.1) is 0 Å². The number of nitrogens with zero attached hydrogens (tertiary/aromatic N) is 2. The van der Waals surface area contributed by atoms with Gasteiger partial charge < -0.3 is 4.74 Å². The lowest BCUT2D eigenvalue weighted by Crippen LogP contribution is -2.19. The summed E-state index contributed by atoms with van der Waals surface area (Å²) < 4.78 is 5.54. The molecule has 0 unspecified atom stereocenters. The molecular formula is C9H17N3O. The zero-order valence-corrected chi connectivity index (χ0v) is 8.72. The van der Waals surface area contributed by atoms with E-state index < -0.39 is 0 Å². The maximum atomic E-state index is 5.54. The Morgan fingerprint density at radius 2 is 2.08 bits per heavy atom. The van der Waals surface area contributed by atoms with Crippen LogP contribution in [0.1, 0.15) is 39.3 Å². The van der Waals surface area contributed by atoms with E-state index >= 15 is 0 Å². The van der Waals surface area contributed by atoms with Crippen molar-refractivity contribution in [3.8, 4) is 0 Å². The van der Waals surface area contributed by atoms with Crippen LogP contribution in [-0.2, 0) is 17.8 Å². The second-order valence-electron chi connectivity index (χ2n) is 3.95. The highest BCUT2D eigenvalue weighted by Crippen LogP contribution is 2.09. The van der Waals surface area contributed by atoms with Gasteiger partial charge in [-0.3, -0.25) is 5.10 Å². The lowest BCUT2D eigenvalue weighted by Gasteiger charge is -2.18. The van der Waals surface area contributed by atoms with Crippen molar-refractivity contribution < 1.29 is 4.74 Å². The Morgan fingerprint density at radius 1 is 1.38 bits per heavy atom. The van der Waals surface area contributed by atoms with Gasteiger partial charge in [-0.1, -0.05) is 6.92 Å². The van der Waals surface area contributed by atoms with Gasteiger partial charge in [-0.2, -0.15) is 5.10 Å². The molecule has 0 amide bonds. The third kappa shape index (κ3) is 3.55. The molecule has 1 heterocycles. The summed E-state index contributed by atoms with van der Waals surface area (Å²) in [6.45, 7) is 8.58. The first-order valence-electron chi connectivity index (χ1n) is 4.55. The van der Waals surface area contributed by atoms with E-state index in [4.69, 9.17) is 4.74 Å². The molecule has 13 heavy (non-hydrogen) atoms. The number of aromatic amines is 1. The van der Waals surface area contributed by atoms with Crippen LogP contribution < -0.4 is 0 Å². The fraction of sp³-hybridized carbons (Fsp3) is 0.778. The summed E-state index contributed by atoms with van der Waals surface area (Å²) in [5.74, 6) is 1.64. The average Bonchev–Trinajstić information content (AvgIpc) is 2.47. The molecular weight excluding hydrogens is 166 g/mol. The first-order chi connectivity index (χ1) is 6.01. The molecule has 0 aliphatic rings. The lowest BCUT2D eigenvalue weighted by atomic mass is 10.2. The standard InChI is InChI=1S/C9H17N3O/c1-5-7-10-8(12-11-7)6-13-9(2,3)4/h5-6H2,1-4H3,(H,10,11,12). The van der Waals surface area contributed by atoms with Crippen molar-refractivity contribution >= 4 is 0 Å². The Kier molecular flexibility index (Phi) is 3.03. The topological polar surface area (TPSA) is 50.8 Å². The highest BCUT2D eigenvalue weighted by atomic mass is 16.5. The molecule has 4 nitrogen and oxygen atoms in total. The molecule has 0 spiro atoms. The van der Waals surface area contributed by atoms with Gasteiger partial charge in [-0.15, -0.1) is 0 Å².